The second-order valence-electron chi connectivity index (χ2n) is 7.71. The van der Waals surface area contributed by atoms with Crippen molar-refractivity contribution in [3.8, 4) is 11.4 Å². The normalized spacial score (nSPS) is 14.5. The molecule has 162 valence electrons. The summed E-state index contributed by atoms with van der Waals surface area (Å²) >= 11 is 0. The predicted molar refractivity (Wildman–Crippen MR) is 116 cm³/mol. The summed E-state index contributed by atoms with van der Waals surface area (Å²) in [4.78, 5) is 21.7. The van der Waals surface area contributed by atoms with Gasteiger partial charge in [0.1, 0.15) is 11.6 Å². The molecule has 1 unspecified atom stereocenters. The molecule has 0 radical (unpaired) electrons. The summed E-state index contributed by atoms with van der Waals surface area (Å²) in [5.74, 6) is -0.557. The minimum absolute atomic E-state index is 0.139. The van der Waals surface area contributed by atoms with Gasteiger partial charge in [0.2, 0.25) is 0 Å². The van der Waals surface area contributed by atoms with Gasteiger partial charge in [-0.05, 0) is 36.5 Å². The topological polar surface area (TPSA) is 129 Å². The first kappa shape index (κ1) is 20.3. The summed E-state index contributed by atoms with van der Waals surface area (Å²) in [5.41, 5.74) is 15.3. The standard InChI is InChI=1S/C22H20F2N8/c23-13-6-15(24)22(29-8-13)31-18-5-12(3-4-28-18)21-30-17-10-27-9-14(11-1-2-11)19(17)20(32-21)16(26)7-25/h3-6,8-11,16H,1-2,7,25-26H2,(H,28,29,31). The van der Waals surface area contributed by atoms with Crippen LogP contribution >= 0.6 is 0 Å². The van der Waals surface area contributed by atoms with Crippen LogP contribution in [0.5, 0.6) is 0 Å². The summed E-state index contributed by atoms with van der Waals surface area (Å²) in [6.45, 7) is 0.233. The van der Waals surface area contributed by atoms with E-state index in [0.717, 1.165) is 36.1 Å². The fourth-order valence-corrected chi connectivity index (χ4v) is 3.62. The number of nitrogens with one attached hydrogen (secondary N) is 1. The SMILES string of the molecule is NCC(N)c1nc(-c2ccnc(Nc3ncc(F)cc3F)c2)nc2cncc(C3CC3)c12. The quantitative estimate of drug-likeness (QED) is 0.421. The average molecular weight is 434 g/mol. The summed E-state index contributed by atoms with van der Waals surface area (Å²) in [5, 5.41) is 3.66. The van der Waals surface area contributed by atoms with Crippen molar-refractivity contribution in [3.63, 3.8) is 0 Å². The molecular formula is C22H20F2N8. The lowest BCUT2D eigenvalue weighted by Gasteiger charge is -2.16. The van der Waals surface area contributed by atoms with Crippen molar-refractivity contribution in [2.24, 2.45) is 11.5 Å². The molecule has 1 aliphatic carbocycles. The molecule has 4 aromatic heterocycles. The van der Waals surface area contributed by atoms with Crippen LogP contribution in [0.25, 0.3) is 22.3 Å². The third-order valence-corrected chi connectivity index (χ3v) is 5.36. The minimum atomic E-state index is -0.825. The van der Waals surface area contributed by atoms with Gasteiger partial charge in [-0.15, -0.1) is 0 Å². The third kappa shape index (κ3) is 3.85. The highest BCUT2D eigenvalue weighted by molar-refractivity contribution is 5.86. The van der Waals surface area contributed by atoms with Gasteiger partial charge in [0, 0.05) is 36.0 Å². The van der Waals surface area contributed by atoms with E-state index in [2.05, 4.69) is 20.3 Å². The van der Waals surface area contributed by atoms with E-state index in [1.807, 2.05) is 6.20 Å². The second-order valence-corrected chi connectivity index (χ2v) is 7.71. The molecule has 0 aromatic carbocycles. The highest BCUT2D eigenvalue weighted by Crippen LogP contribution is 2.43. The van der Waals surface area contributed by atoms with Crippen molar-refractivity contribution in [3.05, 3.63) is 65.9 Å². The Kier molecular flexibility index (Phi) is 5.16. The van der Waals surface area contributed by atoms with E-state index in [1.54, 1.807) is 18.3 Å². The maximum Gasteiger partial charge on any atom is 0.168 e. The number of hydrogen-bond acceptors (Lipinski definition) is 8. The highest BCUT2D eigenvalue weighted by Gasteiger charge is 2.28. The first-order valence-corrected chi connectivity index (χ1v) is 10.2. The zero-order valence-electron chi connectivity index (χ0n) is 17.0. The molecule has 5 N–H and O–H groups in total. The second kappa shape index (κ2) is 8.13. The van der Waals surface area contributed by atoms with Crippen LogP contribution in [0.4, 0.5) is 20.4 Å². The van der Waals surface area contributed by atoms with Crippen LogP contribution < -0.4 is 16.8 Å². The Bertz CT molecular complexity index is 1310. The summed E-state index contributed by atoms with van der Waals surface area (Å²) in [7, 11) is 0. The predicted octanol–water partition coefficient (Wildman–Crippen LogP) is 3.34. The van der Waals surface area contributed by atoms with E-state index in [9.17, 15) is 8.78 Å². The Morgan fingerprint density at radius 3 is 2.69 bits per heavy atom. The van der Waals surface area contributed by atoms with Crippen LogP contribution in [0, 0.1) is 11.6 Å². The van der Waals surface area contributed by atoms with Crippen molar-refractivity contribution in [1.29, 1.82) is 0 Å². The van der Waals surface area contributed by atoms with Crippen molar-refractivity contribution in [1.82, 2.24) is 24.9 Å². The number of fused-ring (bicyclic) bond motifs is 1. The number of rotatable bonds is 6. The number of aromatic nitrogens is 5. The van der Waals surface area contributed by atoms with Gasteiger partial charge in [-0.2, -0.15) is 0 Å². The van der Waals surface area contributed by atoms with E-state index in [0.29, 0.717) is 34.3 Å². The molecule has 1 atom stereocenters. The van der Waals surface area contributed by atoms with Crippen LogP contribution in [-0.4, -0.2) is 31.5 Å². The van der Waals surface area contributed by atoms with Crippen LogP contribution in [0.1, 0.15) is 36.1 Å². The molecule has 1 fully saturated rings. The summed E-state index contributed by atoms with van der Waals surface area (Å²) in [6.07, 6.45) is 8.22. The molecule has 4 heterocycles. The zero-order chi connectivity index (χ0) is 22.2. The average Bonchev–Trinajstić information content (AvgIpc) is 3.65. The van der Waals surface area contributed by atoms with Gasteiger partial charge in [-0.25, -0.2) is 28.7 Å². The molecule has 0 amide bonds. The van der Waals surface area contributed by atoms with Crippen LogP contribution in [0.3, 0.4) is 0 Å². The monoisotopic (exact) mass is 434 g/mol. The van der Waals surface area contributed by atoms with Gasteiger partial charge in [-0.1, -0.05) is 0 Å². The van der Waals surface area contributed by atoms with Crippen molar-refractivity contribution in [2.45, 2.75) is 24.8 Å². The molecule has 8 nitrogen and oxygen atoms in total. The number of pyridine rings is 3. The lowest BCUT2D eigenvalue weighted by molar-refractivity contribution is 0.576. The molecule has 5 rings (SSSR count). The van der Waals surface area contributed by atoms with Crippen molar-refractivity contribution >= 4 is 22.5 Å². The Hall–Kier alpha value is -3.63. The highest BCUT2D eigenvalue weighted by atomic mass is 19.1. The number of nitrogens with two attached hydrogens (primary N) is 2. The maximum absolute atomic E-state index is 14.0. The Labute approximate surface area is 182 Å². The van der Waals surface area contributed by atoms with E-state index in [1.165, 1.54) is 6.20 Å². The van der Waals surface area contributed by atoms with Gasteiger partial charge >= 0.3 is 0 Å². The summed E-state index contributed by atoms with van der Waals surface area (Å²) < 4.78 is 27.1. The molecule has 0 saturated heterocycles. The maximum atomic E-state index is 14.0. The van der Waals surface area contributed by atoms with E-state index in [-0.39, 0.29) is 12.4 Å². The molecule has 4 aromatic rings. The fourth-order valence-electron chi connectivity index (χ4n) is 3.62. The van der Waals surface area contributed by atoms with Crippen molar-refractivity contribution in [2.75, 3.05) is 11.9 Å². The van der Waals surface area contributed by atoms with E-state index < -0.39 is 17.7 Å². The largest absolute Gasteiger partial charge is 0.329 e. The molecule has 1 aliphatic rings. The van der Waals surface area contributed by atoms with Crippen LogP contribution in [-0.2, 0) is 0 Å². The lowest BCUT2D eigenvalue weighted by atomic mass is 10.0. The summed E-state index contributed by atoms with van der Waals surface area (Å²) in [6, 6.07) is 3.67. The van der Waals surface area contributed by atoms with Gasteiger partial charge in [-0.3, -0.25) is 4.98 Å². The van der Waals surface area contributed by atoms with Gasteiger partial charge < -0.3 is 16.8 Å². The van der Waals surface area contributed by atoms with Crippen LogP contribution in [0.2, 0.25) is 0 Å². The zero-order valence-corrected chi connectivity index (χ0v) is 17.0. The Balaban J connectivity index is 1.58. The molecule has 0 bridgehead atoms. The van der Waals surface area contributed by atoms with Gasteiger partial charge in [0.25, 0.3) is 0 Å². The number of anilines is 2. The van der Waals surface area contributed by atoms with Gasteiger partial charge in [0.05, 0.1) is 29.6 Å². The van der Waals surface area contributed by atoms with Gasteiger partial charge in [0.15, 0.2) is 17.5 Å². The smallest absolute Gasteiger partial charge is 0.168 e. The molecule has 10 heteroatoms. The lowest BCUT2D eigenvalue weighted by Crippen LogP contribution is -2.23. The van der Waals surface area contributed by atoms with E-state index >= 15 is 0 Å². The molecule has 1 saturated carbocycles. The number of halogens is 2. The van der Waals surface area contributed by atoms with Crippen LogP contribution in [0.15, 0.2) is 43.0 Å². The first-order chi connectivity index (χ1) is 15.5. The molecular weight excluding hydrogens is 414 g/mol. The number of nitrogens with zero attached hydrogens (tertiary/aromatic N) is 5. The minimum Gasteiger partial charge on any atom is -0.329 e. The number of hydrogen-bond donors (Lipinski definition) is 3. The molecule has 0 aliphatic heterocycles. The fraction of sp³-hybridized carbons (Fsp3) is 0.227. The first-order valence-electron chi connectivity index (χ1n) is 10.2. The Morgan fingerprint density at radius 2 is 1.94 bits per heavy atom. The van der Waals surface area contributed by atoms with Crippen molar-refractivity contribution < 1.29 is 8.78 Å². The molecule has 0 spiro atoms. The molecule has 32 heavy (non-hydrogen) atoms. The van der Waals surface area contributed by atoms with E-state index in [4.69, 9.17) is 21.4 Å². The Morgan fingerprint density at radius 1 is 1.09 bits per heavy atom. The third-order valence-electron chi connectivity index (χ3n) is 5.36.